The van der Waals surface area contributed by atoms with E-state index in [-0.39, 0.29) is 12.1 Å². The Kier molecular flexibility index (Phi) is 1.89. The normalized spacial score (nSPS) is 18.1. The molecule has 0 fully saturated rings. The summed E-state index contributed by atoms with van der Waals surface area (Å²) < 4.78 is 12.7. The molecule has 0 aromatic rings. The number of halogens is 1. The summed E-state index contributed by atoms with van der Waals surface area (Å²) in [6.45, 7) is 0. The van der Waals surface area contributed by atoms with Crippen molar-refractivity contribution in [1.82, 2.24) is 0 Å². The second-order valence-corrected chi connectivity index (χ2v) is 2.21. The molecule has 1 aliphatic rings. The topological polar surface area (TPSA) is 69.2 Å². The van der Waals surface area contributed by atoms with Crippen LogP contribution in [0.25, 0.3) is 0 Å². The van der Waals surface area contributed by atoms with E-state index in [0.717, 1.165) is 0 Å². The molecule has 0 bridgehead atoms. The van der Waals surface area contributed by atoms with Gasteiger partial charge in [-0.3, -0.25) is 10.1 Å². The van der Waals surface area contributed by atoms with Crippen molar-refractivity contribution in [2.45, 2.75) is 12.8 Å². The number of nitrogens with two attached hydrogens (primary N) is 1. The molecule has 0 atom stereocenters. The van der Waals surface area contributed by atoms with E-state index in [1.54, 1.807) is 0 Å². The quantitative estimate of drug-likeness (QED) is 0.458. The summed E-state index contributed by atoms with van der Waals surface area (Å²) in [5, 5.41) is 10.2. The Labute approximate surface area is 62.3 Å². The van der Waals surface area contributed by atoms with E-state index in [0.29, 0.717) is 6.42 Å². The number of nitro groups is 1. The van der Waals surface area contributed by atoms with Gasteiger partial charge in [0.25, 0.3) is 0 Å². The standard InChI is InChI=1S/C6H7FN2O2/c7-4-2-1-3-5(8)6(4)9(10)11/h3H,1-2,8H2. The van der Waals surface area contributed by atoms with E-state index >= 15 is 0 Å². The van der Waals surface area contributed by atoms with Crippen LogP contribution < -0.4 is 5.73 Å². The zero-order chi connectivity index (χ0) is 8.43. The third-order valence-corrected chi connectivity index (χ3v) is 1.44. The van der Waals surface area contributed by atoms with Crippen LogP contribution in [-0.4, -0.2) is 4.92 Å². The van der Waals surface area contributed by atoms with E-state index in [1.165, 1.54) is 6.08 Å². The Morgan fingerprint density at radius 3 is 2.73 bits per heavy atom. The summed E-state index contributed by atoms with van der Waals surface area (Å²) in [5.41, 5.74) is 4.55. The van der Waals surface area contributed by atoms with Gasteiger partial charge in [-0.1, -0.05) is 6.08 Å². The molecule has 0 spiro atoms. The van der Waals surface area contributed by atoms with Crippen molar-refractivity contribution in [2.75, 3.05) is 0 Å². The smallest absolute Gasteiger partial charge is 0.322 e. The molecule has 2 N–H and O–H groups in total. The molecule has 5 heteroatoms. The fourth-order valence-corrected chi connectivity index (χ4v) is 0.931. The lowest BCUT2D eigenvalue weighted by Gasteiger charge is -2.05. The Bertz CT molecular complexity index is 257. The number of rotatable bonds is 1. The average Bonchev–Trinajstić information content (AvgIpc) is 1.85. The Balaban J connectivity index is 3.04. The van der Waals surface area contributed by atoms with Crippen LogP contribution in [-0.2, 0) is 0 Å². The Morgan fingerprint density at radius 1 is 1.73 bits per heavy atom. The van der Waals surface area contributed by atoms with Crippen molar-refractivity contribution in [1.29, 1.82) is 0 Å². The number of nitrogens with zero attached hydrogens (tertiary/aromatic N) is 1. The predicted octanol–water partition coefficient (Wildman–Crippen LogP) is 1.08. The summed E-state index contributed by atoms with van der Waals surface area (Å²) in [6, 6.07) is 0. The van der Waals surface area contributed by atoms with Crippen LogP contribution in [0.3, 0.4) is 0 Å². The summed E-state index contributed by atoms with van der Waals surface area (Å²) in [4.78, 5) is 9.37. The Hall–Kier alpha value is -1.39. The zero-order valence-corrected chi connectivity index (χ0v) is 5.71. The van der Waals surface area contributed by atoms with Gasteiger partial charge in [-0.05, 0) is 6.42 Å². The predicted molar refractivity (Wildman–Crippen MR) is 36.6 cm³/mol. The molecule has 11 heavy (non-hydrogen) atoms. The first kappa shape index (κ1) is 7.71. The van der Waals surface area contributed by atoms with Crippen molar-refractivity contribution in [3.8, 4) is 0 Å². The fourth-order valence-electron chi connectivity index (χ4n) is 0.931. The van der Waals surface area contributed by atoms with E-state index < -0.39 is 16.4 Å². The Morgan fingerprint density at radius 2 is 2.36 bits per heavy atom. The van der Waals surface area contributed by atoms with Gasteiger partial charge in [0.2, 0.25) is 0 Å². The number of allylic oxidation sites excluding steroid dienone is 2. The third-order valence-electron chi connectivity index (χ3n) is 1.44. The largest absolute Gasteiger partial charge is 0.393 e. The van der Waals surface area contributed by atoms with Crippen molar-refractivity contribution >= 4 is 0 Å². The molecular formula is C6H7FN2O2. The van der Waals surface area contributed by atoms with Gasteiger partial charge >= 0.3 is 5.70 Å². The lowest BCUT2D eigenvalue weighted by Crippen LogP contribution is -2.13. The van der Waals surface area contributed by atoms with Gasteiger partial charge in [0.1, 0.15) is 5.70 Å². The highest BCUT2D eigenvalue weighted by atomic mass is 19.1. The first-order chi connectivity index (χ1) is 5.13. The molecular weight excluding hydrogens is 151 g/mol. The van der Waals surface area contributed by atoms with Crippen LogP contribution in [0.15, 0.2) is 23.3 Å². The maximum absolute atomic E-state index is 12.7. The molecule has 0 unspecified atom stereocenters. The van der Waals surface area contributed by atoms with E-state index in [9.17, 15) is 14.5 Å². The molecule has 0 radical (unpaired) electrons. The lowest BCUT2D eigenvalue weighted by atomic mass is 10.1. The van der Waals surface area contributed by atoms with Crippen molar-refractivity contribution in [3.05, 3.63) is 33.4 Å². The molecule has 1 rings (SSSR count). The average molecular weight is 158 g/mol. The molecule has 4 nitrogen and oxygen atoms in total. The van der Waals surface area contributed by atoms with E-state index in [2.05, 4.69) is 0 Å². The van der Waals surface area contributed by atoms with Crippen LogP contribution in [0.2, 0.25) is 0 Å². The zero-order valence-electron chi connectivity index (χ0n) is 5.71. The third kappa shape index (κ3) is 1.36. The lowest BCUT2D eigenvalue weighted by molar-refractivity contribution is -0.423. The van der Waals surface area contributed by atoms with Crippen LogP contribution in [0.1, 0.15) is 12.8 Å². The number of hydrogen-bond donors (Lipinski definition) is 1. The second-order valence-electron chi connectivity index (χ2n) is 2.21. The molecule has 0 aliphatic heterocycles. The van der Waals surface area contributed by atoms with Gasteiger partial charge in [-0.2, -0.15) is 0 Å². The molecule has 0 aromatic heterocycles. The minimum atomic E-state index is -0.791. The van der Waals surface area contributed by atoms with Crippen LogP contribution in [0, 0.1) is 10.1 Å². The van der Waals surface area contributed by atoms with E-state index in [4.69, 9.17) is 5.73 Å². The maximum atomic E-state index is 12.7. The highest BCUT2D eigenvalue weighted by Crippen LogP contribution is 2.23. The molecule has 0 saturated carbocycles. The summed E-state index contributed by atoms with van der Waals surface area (Å²) >= 11 is 0. The molecule has 0 aromatic carbocycles. The highest BCUT2D eigenvalue weighted by Gasteiger charge is 2.24. The molecule has 0 heterocycles. The number of hydrogen-bond acceptors (Lipinski definition) is 3. The highest BCUT2D eigenvalue weighted by molar-refractivity contribution is 5.27. The first-order valence-corrected chi connectivity index (χ1v) is 3.12. The summed E-state index contributed by atoms with van der Waals surface area (Å²) in [5.74, 6) is -0.727. The summed E-state index contributed by atoms with van der Waals surface area (Å²) in [7, 11) is 0. The van der Waals surface area contributed by atoms with Gasteiger partial charge in [0.15, 0.2) is 5.83 Å². The van der Waals surface area contributed by atoms with Gasteiger partial charge in [-0.25, -0.2) is 4.39 Å². The molecule has 60 valence electrons. The molecule has 1 aliphatic carbocycles. The SMILES string of the molecule is NC1=CCCC(F)=C1[N+](=O)[O-]. The van der Waals surface area contributed by atoms with Crippen LogP contribution in [0.4, 0.5) is 4.39 Å². The summed E-state index contributed by atoms with van der Waals surface area (Å²) in [6.07, 6.45) is 1.98. The second kappa shape index (κ2) is 2.69. The van der Waals surface area contributed by atoms with Crippen LogP contribution in [0.5, 0.6) is 0 Å². The molecule has 0 saturated heterocycles. The van der Waals surface area contributed by atoms with Gasteiger partial charge in [-0.15, -0.1) is 0 Å². The van der Waals surface area contributed by atoms with E-state index in [1.807, 2.05) is 0 Å². The van der Waals surface area contributed by atoms with Gasteiger partial charge < -0.3 is 5.73 Å². The van der Waals surface area contributed by atoms with Crippen molar-refractivity contribution in [3.63, 3.8) is 0 Å². The minimum absolute atomic E-state index is 0.0706. The van der Waals surface area contributed by atoms with Crippen molar-refractivity contribution in [2.24, 2.45) is 5.73 Å². The monoisotopic (exact) mass is 158 g/mol. The van der Waals surface area contributed by atoms with Crippen molar-refractivity contribution < 1.29 is 9.31 Å². The molecule has 0 amide bonds. The first-order valence-electron chi connectivity index (χ1n) is 3.12. The fraction of sp³-hybridized carbons (Fsp3) is 0.333. The minimum Gasteiger partial charge on any atom is -0.393 e. The van der Waals surface area contributed by atoms with Gasteiger partial charge in [0, 0.05) is 6.42 Å². The van der Waals surface area contributed by atoms with Crippen LogP contribution >= 0.6 is 0 Å². The maximum Gasteiger partial charge on any atom is 0.322 e. The van der Waals surface area contributed by atoms with Gasteiger partial charge in [0.05, 0.1) is 4.92 Å².